The van der Waals surface area contributed by atoms with Crippen molar-refractivity contribution >= 4 is 35.1 Å². The second-order valence-corrected chi connectivity index (χ2v) is 7.80. The molecule has 0 bridgehead atoms. The van der Waals surface area contributed by atoms with Crippen LogP contribution in [-0.2, 0) is 10.5 Å². The average molecular weight is 412 g/mol. The number of halogens is 1. The molecule has 28 heavy (non-hydrogen) atoms. The number of thioether (sulfide) groups is 1. The number of Topliss-reactive ketones (excluding diaryl/α,β-unsaturated/α-hetero) is 1. The Labute approximate surface area is 172 Å². The maximum atomic E-state index is 12.4. The molecule has 1 aliphatic heterocycles. The lowest BCUT2D eigenvalue weighted by molar-refractivity contribution is -0.114. The van der Waals surface area contributed by atoms with Crippen LogP contribution in [0.3, 0.4) is 0 Å². The van der Waals surface area contributed by atoms with Crippen molar-refractivity contribution in [2.24, 2.45) is 0 Å². The van der Waals surface area contributed by atoms with Gasteiger partial charge in [0.1, 0.15) is 6.04 Å². The second kappa shape index (κ2) is 7.77. The summed E-state index contributed by atoms with van der Waals surface area (Å²) in [5.74, 6) is 1.28. The minimum Gasteiger partial charge on any atom is -0.328 e. The summed E-state index contributed by atoms with van der Waals surface area (Å²) in [6, 6.07) is 11.2. The molecule has 0 radical (unpaired) electrons. The van der Waals surface area contributed by atoms with Crippen LogP contribution in [0, 0.1) is 0 Å². The minimum atomic E-state index is -0.334. The highest BCUT2D eigenvalue weighted by Gasteiger charge is 2.32. The Morgan fingerprint density at radius 1 is 1.25 bits per heavy atom. The zero-order valence-corrected chi connectivity index (χ0v) is 17.0. The lowest BCUT2D eigenvalue weighted by atomic mass is 9.94. The fraction of sp³-hybridized carbons (Fsp3) is 0.200. The molecule has 0 saturated heterocycles. The summed E-state index contributed by atoms with van der Waals surface area (Å²) in [7, 11) is 0. The number of nitrogens with zero attached hydrogens (tertiary/aromatic N) is 4. The van der Waals surface area contributed by atoms with Crippen molar-refractivity contribution in [3.05, 3.63) is 76.2 Å². The van der Waals surface area contributed by atoms with Gasteiger partial charge in [-0.2, -0.15) is 4.98 Å². The van der Waals surface area contributed by atoms with Crippen LogP contribution >= 0.6 is 23.4 Å². The molecule has 0 spiro atoms. The Bertz CT molecular complexity index is 1060. The Kier molecular flexibility index (Phi) is 5.19. The molecule has 6 nitrogen and oxygen atoms in total. The van der Waals surface area contributed by atoms with E-state index in [-0.39, 0.29) is 11.8 Å². The van der Waals surface area contributed by atoms with Gasteiger partial charge in [-0.25, -0.2) is 4.68 Å². The van der Waals surface area contributed by atoms with Crippen LogP contribution in [0.25, 0.3) is 0 Å². The smallest absolute Gasteiger partial charge is 0.227 e. The summed E-state index contributed by atoms with van der Waals surface area (Å²) in [5, 5.41) is 9.24. The van der Waals surface area contributed by atoms with E-state index >= 15 is 0 Å². The van der Waals surface area contributed by atoms with Crippen molar-refractivity contribution in [2.45, 2.75) is 30.8 Å². The molecule has 4 rings (SSSR count). The Hall–Kier alpha value is -2.64. The van der Waals surface area contributed by atoms with Gasteiger partial charge in [0.25, 0.3) is 0 Å². The van der Waals surface area contributed by atoms with E-state index in [1.54, 1.807) is 24.0 Å². The number of fused-ring (bicyclic) bond motifs is 1. The molecular formula is C20H18ClN5OS. The third-order valence-corrected chi connectivity index (χ3v) is 5.80. The number of nitrogens with one attached hydrogen (secondary N) is 1. The van der Waals surface area contributed by atoms with Gasteiger partial charge in [-0.3, -0.25) is 9.78 Å². The van der Waals surface area contributed by atoms with Gasteiger partial charge in [0.2, 0.25) is 11.1 Å². The summed E-state index contributed by atoms with van der Waals surface area (Å²) in [4.78, 5) is 21.1. The normalized spacial score (nSPS) is 15.9. The summed E-state index contributed by atoms with van der Waals surface area (Å²) in [6.45, 7) is 3.46. The molecule has 142 valence electrons. The summed E-state index contributed by atoms with van der Waals surface area (Å²) in [6.07, 6.45) is 3.43. The number of hydrogen-bond acceptors (Lipinski definition) is 6. The van der Waals surface area contributed by atoms with Crippen molar-refractivity contribution < 1.29 is 4.79 Å². The number of benzene rings is 1. The van der Waals surface area contributed by atoms with Gasteiger partial charge >= 0.3 is 0 Å². The molecule has 1 aromatic carbocycles. The second-order valence-electron chi connectivity index (χ2n) is 6.45. The van der Waals surface area contributed by atoms with Crippen LogP contribution in [-0.4, -0.2) is 25.5 Å². The molecular weight excluding hydrogens is 394 g/mol. The number of pyridine rings is 1. The molecule has 0 amide bonds. The maximum absolute atomic E-state index is 12.4. The number of carbonyl (C=O) groups excluding carboxylic acids is 1. The largest absolute Gasteiger partial charge is 0.328 e. The monoisotopic (exact) mass is 411 g/mol. The highest BCUT2D eigenvalue weighted by atomic mass is 35.5. The zero-order chi connectivity index (χ0) is 19.7. The van der Waals surface area contributed by atoms with Gasteiger partial charge in [-0.15, -0.1) is 5.10 Å². The summed E-state index contributed by atoms with van der Waals surface area (Å²) >= 11 is 7.75. The van der Waals surface area contributed by atoms with Crippen molar-refractivity contribution in [3.63, 3.8) is 0 Å². The van der Waals surface area contributed by atoms with E-state index in [4.69, 9.17) is 11.6 Å². The topological polar surface area (TPSA) is 72.7 Å². The molecule has 3 heterocycles. The zero-order valence-electron chi connectivity index (χ0n) is 15.4. The van der Waals surface area contributed by atoms with Gasteiger partial charge in [0, 0.05) is 34.4 Å². The van der Waals surface area contributed by atoms with Gasteiger partial charge in [-0.1, -0.05) is 41.6 Å². The fourth-order valence-electron chi connectivity index (χ4n) is 3.26. The first-order valence-electron chi connectivity index (χ1n) is 8.76. The van der Waals surface area contributed by atoms with Crippen molar-refractivity contribution in [1.82, 2.24) is 19.7 Å². The van der Waals surface area contributed by atoms with E-state index in [1.165, 1.54) is 11.8 Å². The van der Waals surface area contributed by atoms with E-state index in [2.05, 4.69) is 20.4 Å². The number of allylic oxidation sites excluding steroid dienone is 2. The maximum Gasteiger partial charge on any atom is 0.227 e. The number of hydrogen-bond donors (Lipinski definition) is 1. The molecule has 0 saturated carbocycles. The van der Waals surface area contributed by atoms with Crippen molar-refractivity contribution in [1.29, 1.82) is 0 Å². The van der Waals surface area contributed by atoms with E-state index in [9.17, 15) is 4.79 Å². The van der Waals surface area contributed by atoms with Crippen LogP contribution in [0.5, 0.6) is 0 Å². The van der Waals surface area contributed by atoms with Crippen LogP contribution < -0.4 is 5.32 Å². The predicted octanol–water partition coefficient (Wildman–Crippen LogP) is 4.50. The van der Waals surface area contributed by atoms with E-state index < -0.39 is 0 Å². The number of rotatable bonds is 5. The molecule has 1 aliphatic rings. The van der Waals surface area contributed by atoms with E-state index in [0.29, 0.717) is 22.4 Å². The average Bonchev–Trinajstić information content (AvgIpc) is 3.09. The molecule has 8 heteroatoms. The first-order valence-corrected chi connectivity index (χ1v) is 10.1. The van der Waals surface area contributed by atoms with Crippen molar-refractivity contribution in [3.8, 4) is 0 Å². The number of ketones is 1. The van der Waals surface area contributed by atoms with Gasteiger partial charge < -0.3 is 5.32 Å². The molecule has 0 fully saturated rings. The van der Waals surface area contributed by atoms with Crippen molar-refractivity contribution in [2.75, 3.05) is 5.32 Å². The van der Waals surface area contributed by atoms with Gasteiger partial charge in [0.15, 0.2) is 5.78 Å². The third kappa shape index (κ3) is 3.55. The first kappa shape index (κ1) is 18.7. The van der Waals surface area contributed by atoms with E-state index in [1.807, 2.05) is 43.3 Å². The Morgan fingerprint density at radius 3 is 2.71 bits per heavy atom. The summed E-state index contributed by atoms with van der Waals surface area (Å²) < 4.78 is 1.77. The highest BCUT2D eigenvalue weighted by molar-refractivity contribution is 7.98. The standard InChI is InChI=1S/C20H18ClN5OS/c1-12-17(13(2)27)18(14-7-9-22-10-8-14)26-19(23-12)24-20(25-26)28-11-15-5-3-4-6-16(15)21/h3-10,18H,11H2,1-2H3,(H,23,24,25). The van der Waals surface area contributed by atoms with Gasteiger partial charge in [0.05, 0.1) is 0 Å². The quantitative estimate of drug-likeness (QED) is 0.623. The number of anilines is 1. The van der Waals surface area contributed by atoms with Crippen LogP contribution in [0.1, 0.15) is 31.0 Å². The lowest BCUT2D eigenvalue weighted by Gasteiger charge is -2.27. The number of aromatic nitrogens is 4. The molecule has 1 atom stereocenters. The molecule has 2 aromatic heterocycles. The molecule has 1 unspecified atom stereocenters. The summed E-state index contributed by atoms with van der Waals surface area (Å²) in [5.41, 5.74) is 3.43. The SMILES string of the molecule is CC(=O)C1=C(C)Nc2nc(SCc3ccccc3Cl)nn2C1c1ccncc1. The molecule has 3 aromatic rings. The molecule has 0 aliphatic carbocycles. The number of carbonyl (C=O) groups is 1. The highest BCUT2D eigenvalue weighted by Crippen LogP contribution is 2.36. The third-order valence-electron chi connectivity index (χ3n) is 4.55. The van der Waals surface area contributed by atoms with Crippen LogP contribution in [0.15, 0.2) is 65.2 Å². The predicted molar refractivity (Wildman–Crippen MR) is 110 cm³/mol. The molecule has 1 N–H and O–H groups in total. The first-order chi connectivity index (χ1) is 13.5. The Balaban J connectivity index is 1.68. The van der Waals surface area contributed by atoms with Crippen LogP contribution in [0.2, 0.25) is 5.02 Å². The van der Waals surface area contributed by atoms with Gasteiger partial charge in [-0.05, 0) is 43.2 Å². The Morgan fingerprint density at radius 2 is 2.00 bits per heavy atom. The lowest BCUT2D eigenvalue weighted by Crippen LogP contribution is -2.27. The van der Waals surface area contributed by atoms with E-state index in [0.717, 1.165) is 21.8 Å². The van der Waals surface area contributed by atoms with Crippen LogP contribution in [0.4, 0.5) is 5.95 Å². The fourth-order valence-corrected chi connectivity index (χ4v) is 4.38. The minimum absolute atomic E-state index is 0.00164.